The maximum Gasteiger partial charge on any atom is 0.264 e. The molecule has 1 N–H and O–H groups in total. The lowest BCUT2D eigenvalue weighted by Gasteiger charge is -2.34. The molecular formula is C37H40BrN3O6S. The Kier molecular flexibility index (Phi) is 11.8. The van der Waals surface area contributed by atoms with E-state index in [1.165, 1.54) is 37.3 Å². The highest BCUT2D eigenvalue weighted by atomic mass is 79.9. The summed E-state index contributed by atoms with van der Waals surface area (Å²) in [5, 5.41) is 3.20. The van der Waals surface area contributed by atoms with E-state index in [9.17, 15) is 18.0 Å². The van der Waals surface area contributed by atoms with Crippen LogP contribution >= 0.6 is 15.9 Å². The van der Waals surface area contributed by atoms with Gasteiger partial charge in [0.15, 0.2) is 11.5 Å². The number of carbonyl (C=O) groups excluding carboxylic acids is 2. The highest BCUT2D eigenvalue weighted by Gasteiger charge is 2.35. The van der Waals surface area contributed by atoms with Gasteiger partial charge in [0.25, 0.3) is 10.0 Å². The second kappa shape index (κ2) is 16.2. The molecule has 1 saturated carbocycles. The van der Waals surface area contributed by atoms with Crippen molar-refractivity contribution in [3.05, 3.63) is 119 Å². The molecule has 4 aromatic carbocycles. The normalized spacial score (nSPS) is 13.8. The van der Waals surface area contributed by atoms with E-state index < -0.39 is 28.5 Å². The van der Waals surface area contributed by atoms with Crippen LogP contribution in [0.25, 0.3) is 0 Å². The van der Waals surface area contributed by atoms with Gasteiger partial charge in [-0.3, -0.25) is 13.9 Å². The third kappa shape index (κ3) is 8.56. The Bertz CT molecular complexity index is 1780. The van der Waals surface area contributed by atoms with Gasteiger partial charge in [0.1, 0.15) is 12.6 Å². The number of methoxy groups -OCH3 is 2. The molecule has 0 heterocycles. The fourth-order valence-corrected chi connectivity index (χ4v) is 7.63. The van der Waals surface area contributed by atoms with Crippen LogP contribution in [0.3, 0.4) is 0 Å². The molecule has 5 rings (SSSR count). The van der Waals surface area contributed by atoms with Crippen molar-refractivity contribution in [1.29, 1.82) is 0 Å². The standard InChI is InChI=1S/C37H40BrN3O6S/c1-46-34-22-21-31(24-35(34)47-2)41(48(44,45)32-15-7-4-8-16-32)26-36(42)40(25-28-17-19-29(38)20-18-28)33(23-27-11-5-3-6-12-27)37(43)39-30-13-9-10-14-30/h3-8,11-12,15-22,24,30,33H,9-10,13-14,23,25-26H2,1-2H3,(H,39,43). The molecule has 11 heteroatoms. The van der Waals surface area contributed by atoms with Crippen LogP contribution in [0.1, 0.15) is 36.8 Å². The van der Waals surface area contributed by atoms with Gasteiger partial charge in [-0.25, -0.2) is 8.42 Å². The van der Waals surface area contributed by atoms with E-state index >= 15 is 0 Å². The molecule has 0 aliphatic heterocycles. The predicted octanol–water partition coefficient (Wildman–Crippen LogP) is 6.36. The molecule has 1 unspecified atom stereocenters. The quantitative estimate of drug-likeness (QED) is 0.162. The highest BCUT2D eigenvalue weighted by Crippen LogP contribution is 2.34. The molecule has 0 radical (unpaired) electrons. The van der Waals surface area contributed by atoms with E-state index in [0.29, 0.717) is 11.5 Å². The van der Waals surface area contributed by atoms with Crippen LogP contribution in [0.5, 0.6) is 11.5 Å². The summed E-state index contributed by atoms with van der Waals surface area (Å²) in [4.78, 5) is 30.4. The number of nitrogens with zero attached hydrogens (tertiary/aromatic N) is 2. The van der Waals surface area contributed by atoms with Crippen molar-refractivity contribution in [1.82, 2.24) is 10.2 Å². The average Bonchev–Trinajstić information content (AvgIpc) is 3.63. The van der Waals surface area contributed by atoms with E-state index in [2.05, 4.69) is 21.2 Å². The lowest BCUT2D eigenvalue weighted by Crippen LogP contribution is -2.54. The average molecular weight is 735 g/mol. The van der Waals surface area contributed by atoms with E-state index in [0.717, 1.165) is 45.6 Å². The summed E-state index contributed by atoms with van der Waals surface area (Å²) in [5.41, 5.74) is 1.89. The summed E-state index contributed by atoms with van der Waals surface area (Å²) >= 11 is 3.47. The van der Waals surface area contributed by atoms with Crippen molar-refractivity contribution < 1.29 is 27.5 Å². The molecule has 4 aromatic rings. The molecule has 0 aromatic heterocycles. The van der Waals surface area contributed by atoms with Crippen molar-refractivity contribution in [2.75, 3.05) is 25.1 Å². The molecule has 0 bridgehead atoms. The first kappa shape index (κ1) is 35.0. The second-order valence-corrected chi connectivity index (χ2v) is 14.5. The third-order valence-corrected chi connectivity index (χ3v) is 10.8. The van der Waals surface area contributed by atoms with Crippen molar-refractivity contribution in [2.45, 2.75) is 55.6 Å². The highest BCUT2D eigenvalue weighted by molar-refractivity contribution is 9.10. The molecule has 2 amide bonds. The van der Waals surface area contributed by atoms with Gasteiger partial charge in [-0.15, -0.1) is 0 Å². The largest absolute Gasteiger partial charge is 0.493 e. The minimum Gasteiger partial charge on any atom is -0.493 e. The van der Waals surface area contributed by atoms with Gasteiger partial charge in [0.2, 0.25) is 11.8 Å². The first-order chi connectivity index (χ1) is 23.2. The van der Waals surface area contributed by atoms with Gasteiger partial charge in [-0.2, -0.15) is 0 Å². The number of nitrogens with one attached hydrogen (secondary N) is 1. The summed E-state index contributed by atoms with van der Waals surface area (Å²) in [5.74, 6) is -0.0807. The van der Waals surface area contributed by atoms with Crippen LogP contribution in [0, 0.1) is 0 Å². The summed E-state index contributed by atoms with van der Waals surface area (Å²) in [7, 11) is -1.30. The van der Waals surface area contributed by atoms with Gasteiger partial charge in [0, 0.05) is 29.5 Å². The molecule has 1 fully saturated rings. The first-order valence-electron chi connectivity index (χ1n) is 15.9. The van der Waals surface area contributed by atoms with Crippen LogP contribution < -0.4 is 19.1 Å². The number of benzene rings is 4. The molecule has 0 spiro atoms. The summed E-state index contributed by atoms with van der Waals surface area (Å²) in [6.45, 7) is -0.474. The zero-order valence-electron chi connectivity index (χ0n) is 27.0. The Morgan fingerprint density at radius 1 is 0.833 bits per heavy atom. The van der Waals surface area contributed by atoms with Crippen LogP contribution in [0.15, 0.2) is 112 Å². The molecule has 1 aliphatic carbocycles. The Balaban J connectivity index is 1.58. The fourth-order valence-electron chi connectivity index (χ4n) is 5.94. The van der Waals surface area contributed by atoms with Gasteiger partial charge >= 0.3 is 0 Å². The maximum absolute atomic E-state index is 14.7. The SMILES string of the molecule is COc1ccc(N(CC(=O)N(Cc2ccc(Br)cc2)C(Cc2ccccc2)C(=O)NC2CCCC2)S(=O)(=O)c2ccccc2)cc1OC. The number of halogens is 1. The van der Waals surface area contributed by atoms with Crippen molar-refractivity contribution in [3.63, 3.8) is 0 Å². The van der Waals surface area contributed by atoms with Gasteiger partial charge in [-0.05, 0) is 60.4 Å². The van der Waals surface area contributed by atoms with E-state index in [1.807, 2.05) is 54.6 Å². The fraction of sp³-hybridized carbons (Fsp3) is 0.297. The lowest BCUT2D eigenvalue weighted by molar-refractivity contribution is -0.140. The number of ether oxygens (including phenoxy) is 2. The molecule has 1 aliphatic rings. The second-order valence-electron chi connectivity index (χ2n) is 11.7. The van der Waals surface area contributed by atoms with Crippen molar-refractivity contribution in [3.8, 4) is 11.5 Å². The zero-order chi connectivity index (χ0) is 34.1. The van der Waals surface area contributed by atoms with E-state index in [-0.39, 0.29) is 35.5 Å². The van der Waals surface area contributed by atoms with Crippen molar-refractivity contribution >= 4 is 43.5 Å². The Morgan fingerprint density at radius 3 is 2.08 bits per heavy atom. The van der Waals surface area contributed by atoms with Gasteiger partial charge in [0.05, 0.1) is 24.8 Å². The molecule has 0 saturated heterocycles. The minimum atomic E-state index is -4.25. The van der Waals surface area contributed by atoms with Crippen molar-refractivity contribution in [2.24, 2.45) is 0 Å². The monoisotopic (exact) mass is 733 g/mol. The minimum absolute atomic E-state index is 0.0202. The maximum atomic E-state index is 14.7. The first-order valence-corrected chi connectivity index (χ1v) is 18.1. The molecule has 1 atom stereocenters. The Morgan fingerprint density at radius 2 is 1.46 bits per heavy atom. The van der Waals surface area contributed by atoms with Crippen LogP contribution in [0.2, 0.25) is 0 Å². The lowest BCUT2D eigenvalue weighted by atomic mass is 10.0. The number of hydrogen-bond donors (Lipinski definition) is 1. The molecule has 48 heavy (non-hydrogen) atoms. The van der Waals surface area contributed by atoms with Gasteiger partial charge < -0.3 is 19.7 Å². The van der Waals surface area contributed by atoms with E-state index in [4.69, 9.17) is 9.47 Å². The Hall–Kier alpha value is -4.35. The number of hydrogen-bond acceptors (Lipinski definition) is 6. The number of carbonyl (C=O) groups is 2. The molecule has 9 nitrogen and oxygen atoms in total. The smallest absolute Gasteiger partial charge is 0.264 e. The van der Waals surface area contributed by atoms with Gasteiger partial charge in [-0.1, -0.05) is 89.4 Å². The number of rotatable bonds is 14. The topological polar surface area (TPSA) is 105 Å². The summed E-state index contributed by atoms with van der Waals surface area (Å²) < 4.78 is 41.3. The Labute approximate surface area is 291 Å². The number of sulfonamides is 1. The number of anilines is 1. The van der Waals surface area contributed by atoms with Crippen LogP contribution in [0.4, 0.5) is 5.69 Å². The zero-order valence-corrected chi connectivity index (χ0v) is 29.5. The van der Waals surface area contributed by atoms with Crippen LogP contribution in [-0.4, -0.2) is 58.0 Å². The van der Waals surface area contributed by atoms with E-state index in [1.54, 1.807) is 30.3 Å². The van der Waals surface area contributed by atoms with Crippen LogP contribution in [-0.2, 0) is 32.6 Å². The molecular weight excluding hydrogens is 694 g/mol. The molecule has 252 valence electrons. The summed E-state index contributed by atoms with van der Waals surface area (Å²) in [6.07, 6.45) is 4.09. The predicted molar refractivity (Wildman–Crippen MR) is 190 cm³/mol. The summed E-state index contributed by atoms with van der Waals surface area (Å²) in [6, 6.07) is 28.8. The number of amides is 2. The third-order valence-electron chi connectivity index (χ3n) is 8.50.